The average molecular weight is 492 g/mol. The molecule has 1 fully saturated rings. The van der Waals surface area contributed by atoms with Gasteiger partial charge in [-0.2, -0.15) is 4.31 Å². The lowest BCUT2D eigenvalue weighted by atomic mass is 10.1. The number of nitrogens with one attached hydrogen (secondary N) is 1. The maximum absolute atomic E-state index is 13.1. The Morgan fingerprint density at radius 1 is 1.09 bits per heavy atom. The number of nitrogens with zero attached hydrogens (tertiary/aromatic N) is 2. The molecule has 2 aromatic carbocycles. The topological polar surface area (TPSA) is 96.0 Å². The predicted molar refractivity (Wildman–Crippen MR) is 126 cm³/mol. The van der Waals surface area contributed by atoms with Crippen LogP contribution >= 0.6 is 11.6 Å². The van der Waals surface area contributed by atoms with E-state index in [1.165, 1.54) is 29.3 Å². The van der Waals surface area contributed by atoms with Gasteiger partial charge in [-0.25, -0.2) is 8.42 Å². The molecule has 33 heavy (non-hydrogen) atoms. The van der Waals surface area contributed by atoms with Crippen molar-refractivity contribution in [2.24, 2.45) is 0 Å². The summed E-state index contributed by atoms with van der Waals surface area (Å²) in [6.07, 6.45) is 2.94. The first-order valence-electron chi connectivity index (χ1n) is 10.8. The Hall–Kier alpha value is -2.62. The monoisotopic (exact) mass is 491 g/mol. The van der Waals surface area contributed by atoms with Crippen molar-refractivity contribution < 1.29 is 22.7 Å². The summed E-state index contributed by atoms with van der Waals surface area (Å²) in [5.41, 5.74) is 1.67. The van der Waals surface area contributed by atoms with Gasteiger partial charge in [-0.1, -0.05) is 18.0 Å². The van der Waals surface area contributed by atoms with Gasteiger partial charge in [-0.3, -0.25) is 14.5 Å². The summed E-state index contributed by atoms with van der Waals surface area (Å²) in [6.45, 7) is 2.40. The van der Waals surface area contributed by atoms with Gasteiger partial charge in [0, 0.05) is 37.8 Å². The summed E-state index contributed by atoms with van der Waals surface area (Å²) in [5.74, 6) is -0.202. The molecule has 0 aliphatic carbocycles. The molecule has 0 radical (unpaired) electrons. The van der Waals surface area contributed by atoms with Crippen LogP contribution in [0.4, 0.5) is 11.4 Å². The summed E-state index contributed by atoms with van der Waals surface area (Å²) in [6, 6.07) is 8.79. The van der Waals surface area contributed by atoms with E-state index in [-0.39, 0.29) is 23.1 Å². The second kappa shape index (κ2) is 9.32. The minimum absolute atomic E-state index is 0.189. The van der Waals surface area contributed by atoms with E-state index >= 15 is 0 Å². The van der Waals surface area contributed by atoms with E-state index in [1.807, 2.05) is 0 Å². The molecule has 2 aliphatic heterocycles. The number of fused-ring (bicyclic) bond motifs is 1. The molecule has 2 amide bonds. The van der Waals surface area contributed by atoms with E-state index in [0.717, 1.165) is 19.3 Å². The maximum Gasteiger partial charge on any atom is 0.247 e. The van der Waals surface area contributed by atoms with Crippen molar-refractivity contribution in [3.8, 4) is 5.75 Å². The highest BCUT2D eigenvalue weighted by atomic mass is 35.5. The number of sulfonamides is 1. The first-order valence-corrected chi connectivity index (χ1v) is 12.6. The van der Waals surface area contributed by atoms with Crippen LogP contribution in [0.3, 0.4) is 0 Å². The van der Waals surface area contributed by atoms with Crippen LogP contribution in [0.2, 0.25) is 5.02 Å². The molecule has 0 unspecified atom stereocenters. The quantitative estimate of drug-likeness (QED) is 0.691. The number of carbonyl (C=O) groups excluding carboxylic acids is 2. The molecule has 8 nitrogen and oxygen atoms in total. The van der Waals surface area contributed by atoms with Crippen molar-refractivity contribution in [1.29, 1.82) is 0 Å². The van der Waals surface area contributed by atoms with Gasteiger partial charge in [-0.05, 0) is 54.8 Å². The van der Waals surface area contributed by atoms with Crippen LogP contribution < -0.4 is 15.0 Å². The highest BCUT2D eigenvalue weighted by Crippen LogP contribution is 2.36. The van der Waals surface area contributed by atoms with Crippen molar-refractivity contribution in [1.82, 2.24) is 4.31 Å². The number of ether oxygens (including phenoxy) is 1. The van der Waals surface area contributed by atoms with Gasteiger partial charge >= 0.3 is 0 Å². The van der Waals surface area contributed by atoms with Crippen LogP contribution in [-0.4, -0.2) is 50.8 Å². The maximum atomic E-state index is 13.1. The van der Waals surface area contributed by atoms with E-state index in [9.17, 15) is 18.0 Å². The lowest BCUT2D eigenvalue weighted by molar-refractivity contribution is -0.122. The molecule has 2 heterocycles. The fraction of sp³-hybridized carbons (Fsp3) is 0.391. The number of rotatable bonds is 5. The molecule has 1 N–H and O–H groups in total. The van der Waals surface area contributed by atoms with Crippen molar-refractivity contribution in [3.05, 3.63) is 47.0 Å². The van der Waals surface area contributed by atoms with E-state index < -0.39 is 16.1 Å². The number of hydrogen-bond acceptors (Lipinski definition) is 5. The smallest absolute Gasteiger partial charge is 0.247 e. The first-order chi connectivity index (χ1) is 15.7. The first kappa shape index (κ1) is 23.5. The lowest BCUT2D eigenvalue weighted by Crippen LogP contribution is -2.44. The SMILES string of the molecule is COc1ccc(NC(=O)[C@H]2Cc3cc(S(=O)(=O)N4CCCCC4)ccc3N2C(C)=O)cc1Cl. The van der Waals surface area contributed by atoms with Gasteiger partial charge in [-0.15, -0.1) is 0 Å². The predicted octanol–water partition coefficient (Wildman–Crippen LogP) is 3.44. The van der Waals surface area contributed by atoms with Crippen LogP contribution in [0.15, 0.2) is 41.3 Å². The van der Waals surface area contributed by atoms with Crippen molar-refractivity contribution in [3.63, 3.8) is 0 Å². The van der Waals surface area contributed by atoms with Crippen LogP contribution in [0.1, 0.15) is 31.7 Å². The van der Waals surface area contributed by atoms with Crippen LogP contribution in [0.5, 0.6) is 5.75 Å². The summed E-state index contributed by atoms with van der Waals surface area (Å²) in [7, 11) is -2.12. The summed E-state index contributed by atoms with van der Waals surface area (Å²) in [4.78, 5) is 27.1. The number of carbonyl (C=O) groups is 2. The summed E-state index contributed by atoms with van der Waals surface area (Å²) >= 11 is 6.15. The van der Waals surface area contributed by atoms with E-state index in [0.29, 0.717) is 40.8 Å². The van der Waals surface area contributed by atoms with E-state index in [2.05, 4.69) is 5.32 Å². The number of methoxy groups -OCH3 is 1. The standard InChI is InChI=1S/C23H26ClN3O5S/c1-15(28)27-20-8-7-18(33(30,31)26-10-4-3-5-11-26)12-16(20)13-21(27)23(29)25-17-6-9-22(32-2)19(24)14-17/h6-9,12,14,21H,3-5,10-11,13H2,1-2H3,(H,25,29)/t21-/m1/s1. The van der Waals surface area contributed by atoms with Crippen LogP contribution in [0.25, 0.3) is 0 Å². The lowest BCUT2D eigenvalue weighted by Gasteiger charge is -2.26. The molecule has 2 aromatic rings. The van der Waals surface area contributed by atoms with Gasteiger partial charge in [0.2, 0.25) is 21.8 Å². The van der Waals surface area contributed by atoms with Gasteiger partial charge < -0.3 is 10.1 Å². The normalized spacial score (nSPS) is 18.6. The Morgan fingerprint density at radius 2 is 1.82 bits per heavy atom. The molecule has 1 atom stereocenters. The molecule has 176 valence electrons. The van der Waals surface area contributed by atoms with Crippen molar-refractivity contribution >= 4 is 44.8 Å². The van der Waals surface area contributed by atoms with E-state index in [1.54, 1.807) is 30.3 Å². The Labute approximate surface area is 198 Å². The summed E-state index contributed by atoms with van der Waals surface area (Å²) < 4.78 is 32.8. The minimum atomic E-state index is -3.62. The zero-order chi connectivity index (χ0) is 23.8. The molecule has 1 saturated heterocycles. The highest BCUT2D eigenvalue weighted by molar-refractivity contribution is 7.89. The second-order valence-corrected chi connectivity index (χ2v) is 10.5. The fourth-order valence-corrected chi connectivity index (χ4v) is 6.24. The molecule has 2 aliphatic rings. The Morgan fingerprint density at radius 3 is 2.45 bits per heavy atom. The third kappa shape index (κ3) is 4.58. The molecule has 0 bridgehead atoms. The molecular weight excluding hydrogens is 466 g/mol. The fourth-order valence-electron chi connectivity index (χ4n) is 4.41. The Bertz CT molecular complexity index is 1190. The van der Waals surface area contributed by atoms with Gasteiger partial charge in [0.15, 0.2) is 0 Å². The number of halogens is 1. The minimum Gasteiger partial charge on any atom is -0.495 e. The van der Waals surface area contributed by atoms with Crippen LogP contribution in [-0.2, 0) is 26.0 Å². The molecular formula is C23H26ClN3O5S. The molecule has 0 saturated carbocycles. The zero-order valence-electron chi connectivity index (χ0n) is 18.5. The second-order valence-electron chi connectivity index (χ2n) is 8.20. The molecule has 0 aromatic heterocycles. The van der Waals surface area contributed by atoms with Crippen molar-refractivity contribution in [2.45, 2.75) is 43.5 Å². The molecule has 4 rings (SSSR count). The largest absolute Gasteiger partial charge is 0.495 e. The van der Waals surface area contributed by atoms with Crippen LogP contribution in [0, 0.1) is 0 Å². The number of amides is 2. The van der Waals surface area contributed by atoms with Gasteiger partial charge in [0.25, 0.3) is 0 Å². The van der Waals surface area contributed by atoms with Gasteiger partial charge in [0.05, 0.1) is 17.0 Å². The third-order valence-electron chi connectivity index (χ3n) is 6.05. The Balaban J connectivity index is 1.59. The number of piperidine rings is 1. The van der Waals surface area contributed by atoms with E-state index in [4.69, 9.17) is 16.3 Å². The van der Waals surface area contributed by atoms with Gasteiger partial charge in [0.1, 0.15) is 11.8 Å². The molecule has 0 spiro atoms. The zero-order valence-corrected chi connectivity index (χ0v) is 20.1. The number of hydrogen-bond donors (Lipinski definition) is 1. The Kier molecular flexibility index (Phi) is 6.65. The third-order valence-corrected chi connectivity index (χ3v) is 8.24. The van der Waals surface area contributed by atoms with Crippen molar-refractivity contribution in [2.75, 3.05) is 30.4 Å². The summed E-state index contributed by atoms with van der Waals surface area (Å²) in [5, 5.41) is 3.14. The molecule has 10 heteroatoms. The highest BCUT2D eigenvalue weighted by Gasteiger charge is 2.38. The average Bonchev–Trinajstić information content (AvgIpc) is 3.19. The number of anilines is 2. The number of benzene rings is 2.